The number of aliphatic hydroxyl groups is 23. The Morgan fingerprint density at radius 3 is 0.398 bits per heavy atom. The summed E-state index contributed by atoms with van der Waals surface area (Å²) in [7, 11) is 0. The molecule has 88 heavy (non-hydrogen) atoms. The number of nitrogens with two attached hydrogens (primary N) is 1. The zero-order chi connectivity index (χ0) is 64.1. The molecule has 30 rings (SSSR count). The fourth-order valence-corrected chi connectivity index (χ4v) is 11.9. The molecule has 40 atom stereocenters. The van der Waals surface area contributed by atoms with Crippen LogP contribution in [0.15, 0.2) is 0 Å². The van der Waals surface area contributed by atoms with Gasteiger partial charge in [-0.3, -0.25) is 0 Å². The smallest absolute Gasteiger partial charge is 0.187 e. The van der Waals surface area contributed by atoms with Gasteiger partial charge >= 0.3 is 0 Å². The van der Waals surface area contributed by atoms with Crippen LogP contribution in [-0.4, -0.2) is 416 Å². The van der Waals surface area contributed by atoms with Gasteiger partial charge in [-0.15, -0.1) is 0 Å². The van der Waals surface area contributed by atoms with Gasteiger partial charge in [-0.2, -0.15) is 0 Å². The molecule has 0 radical (unpaired) electrons. The maximum atomic E-state index is 11.4. The van der Waals surface area contributed by atoms with Gasteiger partial charge in [-0.05, 0) is 0 Å². The molecule has 30 saturated heterocycles. The van der Waals surface area contributed by atoms with Crippen LogP contribution in [0.3, 0.4) is 0 Å². The average Bonchev–Trinajstić information content (AvgIpc) is 1.09. The van der Waals surface area contributed by atoms with E-state index in [4.69, 9.17) is 81.5 Å². The fraction of sp³-hybridized carbons (Fsp3) is 1.00. The molecule has 0 spiro atoms. The molecule has 30 heterocycles. The van der Waals surface area contributed by atoms with Crippen LogP contribution in [0.1, 0.15) is 0 Å². The number of hydrogen-bond acceptors (Lipinski definition) is 40. The van der Waals surface area contributed by atoms with Crippen LogP contribution in [-0.2, 0) is 75.8 Å². The van der Waals surface area contributed by atoms with E-state index in [1.165, 1.54) is 0 Å². The largest absolute Gasteiger partial charge is 0.394 e. The van der Waals surface area contributed by atoms with Crippen LogP contribution in [0.25, 0.3) is 0 Å². The molecular weight excluding hydrogens is 1210 g/mol. The van der Waals surface area contributed by atoms with E-state index in [9.17, 15) is 117 Å². The highest BCUT2D eigenvalue weighted by Gasteiger charge is 2.60. The van der Waals surface area contributed by atoms with Crippen molar-refractivity contribution < 1.29 is 193 Å². The molecule has 0 saturated carbocycles. The third kappa shape index (κ3) is 13.8. The molecule has 0 unspecified atom stereocenters. The second-order valence-electron chi connectivity index (χ2n) is 22.5. The normalized spacial score (nSPS) is 55.4. The van der Waals surface area contributed by atoms with E-state index < -0.39 is 298 Å². The minimum Gasteiger partial charge on any atom is -0.394 e. The Balaban J connectivity index is 0.975. The van der Waals surface area contributed by atoms with Crippen molar-refractivity contribution in [3.63, 3.8) is 0 Å². The molecule has 40 nitrogen and oxygen atoms in total. The Kier molecular flexibility index (Phi) is 24.1. The molecule has 30 fully saturated rings. The van der Waals surface area contributed by atoms with E-state index in [2.05, 4.69) is 0 Å². The zero-order valence-corrected chi connectivity index (χ0v) is 46.1. The highest BCUT2D eigenvalue weighted by molar-refractivity contribution is 5.02. The summed E-state index contributed by atoms with van der Waals surface area (Å²) in [6, 6.07) is 0. The number of ether oxygens (including phenoxy) is 16. The summed E-state index contributed by atoms with van der Waals surface area (Å²) < 4.78 is 91.5. The molecular formula is C48H81NO39. The van der Waals surface area contributed by atoms with Crippen LogP contribution >= 0.6 is 0 Å². The quantitative estimate of drug-likeness (QED) is 0.107. The molecule has 16 bridgehead atoms. The monoisotopic (exact) mass is 1300 g/mol. The Morgan fingerprint density at radius 1 is 0.170 bits per heavy atom. The van der Waals surface area contributed by atoms with Gasteiger partial charge in [0.05, 0.1) is 46.2 Å². The lowest BCUT2D eigenvalue weighted by molar-refractivity contribution is -0.403. The molecule has 40 heteroatoms. The lowest BCUT2D eigenvalue weighted by Gasteiger charge is -2.50. The average molecular weight is 1300 g/mol. The first kappa shape index (κ1) is 70.7. The van der Waals surface area contributed by atoms with Gasteiger partial charge in [-0.1, -0.05) is 0 Å². The summed E-state index contributed by atoms with van der Waals surface area (Å²) in [6.45, 7) is -8.06. The van der Waals surface area contributed by atoms with Gasteiger partial charge in [0, 0.05) is 6.54 Å². The third-order valence-corrected chi connectivity index (χ3v) is 16.9. The maximum absolute atomic E-state index is 11.4. The molecule has 512 valence electrons. The van der Waals surface area contributed by atoms with Crippen LogP contribution < -0.4 is 5.73 Å². The molecule has 0 aromatic heterocycles. The fourth-order valence-electron chi connectivity index (χ4n) is 11.9. The number of hydrogen-bond donors (Lipinski definition) is 24. The summed E-state index contributed by atoms with van der Waals surface area (Å²) in [4.78, 5) is 0. The van der Waals surface area contributed by atoms with Crippen LogP contribution in [0, 0.1) is 0 Å². The zero-order valence-electron chi connectivity index (χ0n) is 46.1. The second kappa shape index (κ2) is 30.0. The summed E-state index contributed by atoms with van der Waals surface area (Å²) >= 11 is 0. The predicted molar refractivity (Wildman–Crippen MR) is 263 cm³/mol. The van der Waals surface area contributed by atoms with Crippen molar-refractivity contribution in [2.75, 3.05) is 52.8 Å². The number of aliphatic hydroxyl groups excluding tert-OH is 23. The van der Waals surface area contributed by atoms with E-state index >= 15 is 0 Å². The first-order chi connectivity index (χ1) is 41.9. The van der Waals surface area contributed by atoms with Crippen LogP contribution in [0.4, 0.5) is 0 Å². The highest BCUT2D eigenvalue weighted by Crippen LogP contribution is 2.39. The third-order valence-electron chi connectivity index (χ3n) is 16.9. The van der Waals surface area contributed by atoms with Crippen molar-refractivity contribution in [2.24, 2.45) is 5.73 Å². The lowest BCUT2D eigenvalue weighted by Crippen LogP contribution is -2.69. The van der Waals surface area contributed by atoms with E-state index in [1.807, 2.05) is 0 Å². The van der Waals surface area contributed by atoms with Gasteiger partial charge < -0.3 is 199 Å². The summed E-state index contributed by atoms with van der Waals surface area (Å²) in [6.07, 6.45) is -80.9. The van der Waals surface area contributed by atoms with Gasteiger partial charge in [-0.25, -0.2) is 0 Å². The topological polar surface area (TPSA) is 639 Å². The van der Waals surface area contributed by atoms with Gasteiger partial charge in [0.1, 0.15) is 195 Å². The number of rotatable bonds is 8. The molecule has 0 aromatic rings. The van der Waals surface area contributed by atoms with E-state index in [-0.39, 0.29) is 0 Å². The SMILES string of the molecule is NC[C@H]1O[C@@H]2O[C@H]3[C@H](O)[C@H](O)[C@@H](O[C@H]4[C@@H](O)[C@H](O)[C@@H](O[C@H]5[C@H](O)[C@@H](O)[C@@H](O[C@H]6[C@@H](O)[C@H](O)[C@@H](O[C@H]7[C@@H](O)[C@H](O)[C@@H](O[C@H]8[C@H](O)[C@@H](O)[C@@H](O[C@H]9[C@@H](O)[C@H](O)[C@@H](O[C@H]1[C@H](O)[C@H]2O)O[C@@H]9CO)O[C@@H]8CO)O[C@@H]7CO)O[C@@H]6CO)O[C@@H]5CO)O[C@H]4CO)O[C@@H]3CO. The van der Waals surface area contributed by atoms with E-state index in [1.54, 1.807) is 0 Å². The molecule has 0 amide bonds. The molecule has 25 N–H and O–H groups in total. The van der Waals surface area contributed by atoms with Gasteiger partial charge in [0.2, 0.25) is 0 Å². The van der Waals surface area contributed by atoms with E-state index in [0.29, 0.717) is 0 Å². The predicted octanol–water partition coefficient (Wildman–Crippen LogP) is -17.4. The molecule has 0 aliphatic carbocycles. The van der Waals surface area contributed by atoms with Crippen molar-refractivity contribution in [2.45, 2.75) is 246 Å². The van der Waals surface area contributed by atoms with E-state index in [0.717, 1.165) is 0 Å². The highest BCUT2D eigenvalue weighted by atomic mass is 16.8. The van der Waals surface area contributed by atoms with Crippen molar-refractivity contribution in [3.8, 4) is 0 Å². The Labute approximate surface area is 496 Å². The van der Waals surface area contributed by atoms with Crippen molar-refractivity contribution in [3.05, 3.63) is 0 Å². The summed E-state index contributed by atoms with van der Waals surface area (Å²) in [5, 5.41) is 255. The molecule has 30 aliphatic heterocycles. The first-order valence-electron chi connectivity index (χ1n) is 28.2. The summed E-state index contributed by atoms with van der Waals surface area (Å²) in [5.41, 5.74) is 5.96. The Hall–Kier alpha value is -1.60. The van der Waals surface area contributed by atoms with Gasteiger partial charge in [0.15, 0.2) is 50.3 Å². The van der Waals surface area contributed by atoms with Crippen molar-refractivity contribution in [1.82, 2.24) is 0 Å². The van der Waals surface area contributed by atoms with Gasteiger partial charge in [0.25, 0.3) is 0 Å². The lowest BCUT2D eigenvalue weighted by atomic mass is 9.94. The molecule has 0 aromatic carbocycles. The Morgan fingerprint density at radius 2 is 0.284 bits per heavy atom. The van der Waals surface area contributed by atoms with Crippen LogP contribution in [0.5, 0.6) is 0 Å². The second-order valence-corrected chi connectivity index (χ2v) is 22.5. The van der Waals surface area contributed by atoms with Crippen molar-refractivity contribution >= 4 is 0 Å². The standard InChI is InChI=1S/C48H81NO39/c49-1-9-33-17(57)25(65)41(73-9)82-34-10(2-50)75-43(27(67)19(34)59)84-36-12(4-52)77-45(29(69)21(36)61)86-38-14(6-54)79-47(31(71)23(38)63)88-40-16(8-56)80-48(32(72)24(40)64)87-39-15(7-55)78-46(30(70)22(39)62)85-37-13(5-53)76-44(28(68)20(37)60)83-35-11(3-51)74-42(81-33)26(66)18(35)58/h9-48,50-72H,1-8,49H2/t9-,10-,11-,12+,13-,14-,15-,16-,17-,18+,19-,20-,21+,22+,23-,24+,25-,26+,27+,28-,29+,30+,31-,32+,33-,34-,35-,36-,37-,38-,39-,40-,41-,42-,43-,44-,45-,46-,47-,48-/m1/s1. The molecule has 30 aliphatic rings. The minimum atomic E-state index is -2.24. The van der Waals surface area contributed by atoms with Crippen molar-refractivity contribution in [1.29, 1.82) is 0 Å². The maximum Gasteiger partial charge on any atom is 0.187 e. The first-order valence-corrected chi connectivity index (χ1v) is 28.2. The Bertz CT molecular complexity index is 1710. The summed E-state index contributed by atoms with van der Waals surface area (Å²) in [5.74, 6) is 0. The minimum absolute atomic E-state index is 0.580. The van der Waals surface area contributed by atoms with Crippen LogP contribution in [0.2, 0.25) is 0 Å².